The van der Waals surface area contributed by atoms with E-state index in [4.69, 9.17) is 0 Å². The first-order valence-electron chi connectivity index (χ1n) is 8.63. The van der Waals surface area contributed by atoms with E-state index in [1.54, 1.807) is 24.3 Å². The highest BCUT2D eigenvalue weighted by atomic mass is 19.1. The monoisotopic (exact) mass is 341 g/mol. The van der Waals surface area contributed by atoms with Gasteiger partial charge in [-0.15, -0.1) is 0 Å². The van der Waals surface area contributed by atoms with Gasteiger partial charge in [0, 0.05) is 50.0 Å². The molecule has 1 aliphatic carbocycles. The number of non-ortho nitro benzene ring substituents is 1. The van der Waals surface area contributed by atoms with E-state index in [1.807, 2.05) is 18.2 Å². The molecule has 0 aromatic heterocycles. The first kappa shape index (κ1) is 16.0. The maximum atomic E-state index is 13.6. The van der Waals surface area contributed by atoms with Crippen LogP contribution in [-0.2, 0) is 6.42 Å². The third-order valence-electron chi connectivity index (χ3n) is 5.33. The maximum absolute atomic E-state index is 13.6. The normalized spacial score (nSPS) is 20.5. The van der Waals surface area contributed by atoms with E-state index in [2.05, 4.69) is 9.80 Å². The lowest BCUT2D eigenvalue weighted by Crippen LogP contribution is -2.47. The van der Waals surface area contributed by atoms with Gasteiger partial charge in [-0.3, -0.25) is 15.0 Å². The zero-order valence-electron chi connectivity index (χ0n) is 13.9. The average Bonchev–Trinajstić information content (AvgIpc) is 3.05. The Morgan fingerprint density at radius 1 is 1.04 bits per heavy atom. The van der Waals surface area contributed by atoms with Crippen molar-refractivity contribution in [3.63, 3.8) is 0 Å². The van der Waals surface area contributed by atoms with Gasteiger partial charge in [-0.2, -0.15) is 0 Å². The molecule has 0 N–H and O–H groups in total. The second kappa shape index (κ2) is 6.44. The molecule has 4 rings (SSSR count). The van der Waals surface area contributed by atoms with Crippen LogP contribution in [0.4, 0.5) is 15.8 Å². The minimum atomic E-state index is -0.377. The number of nitrogens with zero attached hydrogens (tertiary/aromatic N) is 3. The molecule has 6 heteroatoms. The first-order valence-corrected chi connectivity index (χ1v) is 8.63. The smallest absolute Gasteiger partial charge is 0.269 e. The molecule has 0 bridgehead atoms. The van der Waals surface area contributed by atoms with Crippen LogP contribution in [0.25, 0.3) is 0 Å². The van der Waals surface area contributed by atoms with Crippen LogP contribution >= 0.6 is 0 Å². The Bertz CT molecular complexity index is 786. The summed E-state index contributed by atoms with van der Waals surface area (Å²) in [5, 5.41) is 10.8. The largest absolute Gasteiger partial charge is 0.369 e. The Labute approximate surface area is 145 Å². The van der Waals surface area contributed by atoms with Gasteiger partial charge in [0.1, 0.15) is 5.82 Å². The summed E-state index contributed by atoms with van der Waals surface area (Å²) in [5.41, 5.74) is 3.54. The summed E-state index contributed by atoms with van der Waals surface area (Å²) in [6.07, 6.45) is 2.07. The van der Waals surface area contributed by atoms with Gasteiger partial charge in [0.25, 0.3) is 5.69 Å². The van der Waals surface area contributed by atoms with Gasteiger partial charge in [-0.1, -0.05) is 6.07 Å². The molecule has 1 aliphatic heterocycles. The standard InChI is InChI=1S/C19H20FN3O2/c20-15-3-1-14-2-8-19(18(14)13-15)22-11-9-21(10-12-22)16-4-6-17(7-5-16)23(24)25/h1,3-7,13,19H,2,8-12H2/t19-/m1/s1. The molecule has 25 heavy (non-hydrogen) atoms. The van der Waals surface area contributed by atoms with Crippen LogP contribution in [0.5, 0.6) is 0 Å². The van der Waals surface area contributed by atoms with Crippen molar-refractivity contribution in [2.24, 2.45) is 0 Å². The van der Waals surface area contributed by atoms with Gasteiger partial charge in [0.2, 0.25) is 0 Å². The molecule has 5 nitrogen and oxygen atoms in total. The fraction of sp³-hybridized carbons (Fsp3) is 0.368. The Kier molecular flexibility index (Phi) is 4.13. The van der Waals surface area contributed by atoms with Crippen LogP contribution in [0.3, 0.4) is 0 Å². The molecule has 1 fully saturated rings. The molecule has 0 saturated carbocycles. The molecule has 0 spiro atoms. The molecule has 2 aliphatic rings. The van der Waals surface area contributed by atoms with Gasteiger partial charge < -0.3 is 4.90 Å². The van der Waals surface area contributed by atoms with Crippen LogP contribution in [-0.4, -0.2) is 36.0 Å². The number of anilines is 1. The van der Waals surface area contributed by atoms with Crippen LogP contribution < -0.4 is 4.90 Å². The van der Waals surface area contributed by atoms with Crippen molar-refractivity contribution in [2.45, 2.75) is 18.9 Å². The lowest BCUT2D eigenvalue weighted by Gasteiger charge is -2.39. The van der Waals surface area contributed by atoms with Crippen molar-refractivity contribution in [3.05, 3.63) is 69.5 Å². The number of nitro groups is 1. The Morgan fingerprint density at radius 2 is 1.76 bits per heavy atom. The lowest BCUT2D eigenvalue weighted by molar-refractivity contribution is -0.384. The predicted octanol–water partition coefficient (Wildman–Crippen LogP) is 3.54. The van der Waals surface area contributed by atoms with Crippen molar-refractivity contribution >= 4 is 11.4 Å². The summed E-state index contributed by atoms with van der Waals surface area (Å²) in [6, 6.07) is 12.2. The summed E-state index contributed by atoms with van der Waals surface area (Å²) in [4.78, 5) is 15.1. The van der Waals surface area contributed by atoms with E-state index in [9.17, 15) is 14.5 Å². The molecule has 1 saturated heterocycles. The van der Waals surface area contributed by atoms with Crippen molar-refractivity contribution < 1.29 is 9.31 Å². The average molecular weight is 341 g/mol. The highest BCUT2D eigenvalue weighted by molar-refractivity contribution is 5.51. The van der Waals surface area contributed by atoms with Crippen molar-refractivity contribution in [1.29, 1.82) is 0 Å². The quantitative estimate of drug-likeness (QED) is 0.633. The minimum absolute atomic E-state index is 0.118. The SMILES string of the molecule is O=[N+]([O-])c1ccc(N2CCN([C@@H]3CCc4ccc(F)cc43)CC2)cc1. The Balaban J connectivity index is 1.42. The van der Waals surface area contributed by atoms with Crippen LogP contribution in [0, 0.1) is 15.9 Å². The molecule has 0 amide bonds. The number of piperazine rings is 1. The summed E-state index contributed by atoms with van der Waals surface area (Å²) in [6.45, 7) is 3.58. The highest BCUT2D eigenvalue weighted by Crippen LogP contribution is 2.37. The Hall–Kier alpha value is -2.47. The first-order chi connectivity index (χ1) is 12.1. The van der Waals surface area contributed by atoms with Crippen molar-refractivity contribution in [3.8, 4) is 0 Å². The van der Waals surface area contributed by atoms with Gasteiger partial charge in [0.05, 0.1) is 4.92 Å². The van der Waals surface area contributed by atoms with Crippen LogP contribution in [0.2, 0.25) is 0 Å². The summed E-state index contributed by atoms with van der Waals surface area (Å²) < 4.78 is 13.6. The van der Waals surface area contributed by atoms with E-state index >= 15 is 0 Å². The van der Waals surface area contributed by atoms with E-state index in [0.29, 0.717) is 6.04 Å². The van der Waals surface area contributed by atoms with Crippen molar-refractivity contribution in [2.75, 3.05) is 31.1 Å². The number of hydrogen-bond donors (Lipinski definition) is 0. The topological polar surface area (TPSA) is 49.6 Å². The maximum Gasteiger partial charge on any atom is 0.269 e. The zero-order chi connectivity index (χ0) is 17.4. The fourth-order valence-corrected chi connectivity index (χ4v) is 4.01. The van der Waals surface area contributed by atoms with Crippen LogP contribution in [0.1, 0.15) is 23.6 Å². The van der Waals surface area contributed by atoms with Gasteiger partial charge in [-0.05, 0) is 48.2 Å². The third kappa shape index (κ3) is 3.09. The number of rotatable bonds is 3. The number of halogens is 1. The lowest BCUT2D eigenvalue weighted by atomic mass is 10.1. The second-order valence-corrected chi connectivity index (χ2v) is 6.69. The van der Waals surface area contributed by atoms with E-state index < -0.39 is 0 Å². The number of nitro benzene ring substituents is 1. The van der Waals surface area contributed by atoms with Crippen molar-refractivity contribution in [1.82, 2.24) is 4.90 Å². The molecule has 2 aromatic rings. The summed E-state index contributed by atoms with van der Waals surface area (Å²) >= 11 is 0. The van der Waals surface area contributed by atoms with E-state index in [-0.39, 0.29) is 16.4 Å². The van der Waals surface area contributed by atoms with Gasteiger partial charge in [0.15, 0.2) is 0 Å². The predicted molar refractivity (Wildman–Crippen MR) is 94.3 cm³/mol. The molecule has 2 aromatic carbocycles. The molecule has 130 valence electrons. The van der Waals surface area contributed by atoms with E-state index in [1.165, 1.54) is 5.56 Å². The molecule has 0 unspecified atom stereocenters. The molecule has 0 radical (unpaired) electrons. The van der Waals surface area contributed by atoms with Gasteiger partial charge >= 0.3 is 0 Å². The summed E-state index contributed by atoms with van der Waals surface area (Å²) in [7, 11) is 0. The molecule has 1 heterocycles. The second-order valence-electron chi connectivity index (χ2n) is 6.69. The number of benzene rings is 2. The fourth-order valence-electron chi connectivity index (χ4n) is 4.01. The minimum Gasteiger partial charge on any atom is -0.369 e. The third-order valence-corrected chi connectivity index (χ3v) is 5.33. The van der Waals surface area contributed by atoms with Gasteiger partial charge in [-0.25, -0.2) is 4.39 Å². The summed E-state index contributed by atoms with van der Waals surface area (Å²) in [5.74, 6) is -0.157. The zero-order valence-corrected chi connectivity index (χ0v) is 13.9. The molecular formula is C19H20FN3O2. The highest BCUT2D eigenvalue weighted by Gasteiger charge is 2.30. The van der Waals surface area contributed by atoms with Crippen LogP contribution in [0.15, 0.2) is 42.5 Å². The number of hydrogen-bond acceptors (Lipinski definition) is 4. The number of fused-ring (bicyclic) bond motifs is 1. The Morgan fingerprint density at radius 3 is 2.44 bits per heavy atom. The molecular weight excluding hydrogens is 321 g/mol. The number of aryl methyl sites for hydroxylation is 1. The van der Waals surface area contributed by atoms with E-state index in [0.717, 1.165) is 50.3 Å². The molecule has 1 atom stereocenters.